The highest BCUT2D eigenvalue weighted by molar-refractivity contribution is 5.75. The number of carbonyl (C=O) groups is 1. The molecule has 1 aromatic rings. The zero-order valence-electron chi connectivity index (χ0n) is 13.4. The van der Waals surface area contributed by atoms with Gasteiger partial charge in [0.25, 0.3) is 0 Å². The summed E-state index contributed by atoms with van der Waals surface area (Å²) in [5, 5.41) is 16.9. The summed E-state index contributed by atoms with van der Waals surface area (Å²) < 4.78 is 1.85. The topological polar surface area (TPSA) is 70.4 Å². The maximum atomic E-state index is 12.5. The second-order valence-electron chi connectivity index (χ2n) is 5.79. The van der Waals surface area contributed by atoms with E-state index in [1.54, 1.807) is 4.90 Å². The van der Waals surface area contributed by atoms with Gasteiger partial charge in [-0.25, -0.2) is 4.79 Å². The number of aryl methyl sites for hydroxylation is 2. The van der Waals surface area contributed by atoms with Gasteiger partial charge in [-0.3, -0.25) is 4.68 Å². The van der Waals surface area contributed by atoms with Gasteiger partial charge < -0.3 is 15.3 Å². The van der Waals surface area contributed by atoms with Crippen molar-refractivity contribution in [2.24, 2.45) is 7.05 Å². The number of carbonyl (C=O) groups excluding carboxylic acids is 1. The van der Waals surface area contributed by atoms with Gasteiger partial charge >= 0.3 is 6.03 Å². The number of nitrogens with zero attached hydrogens (tertiary/aromatic N) is 3. The monoisotopic (exact) mass is 294 g/mol. The lowest BCUT2D eigenvalue weighted by molar-refractivity contribution is 0.154. The van der Waals surface area contributed by atoms with E-state index in [-0.39, 0.29) is 24.7 Å². The van der Waals surface area contributed by atoms with Crippen LogP contribution in [0.1, 0.15) is 49.2 Å². The summed E-state index contributed by atoms with van der Waals surface area (Å²) in [6.07, 6.45) is 2.66. The van der Waals surface area contributed by atoms with Crippen LogP contribution < -0.4 is 5.32 Å². The molecule has 2 N–H and O–H groups in total. The van der Waals surface area contributed by atoms with Gasteiger partial charge in [-0.1, -0.05) is 6.92 Å². The van der Waals surface area contributed by atoms with E-state index >= 15 is 0 Å². The van der Waals surface area contributed by atoms with Crippen molar-refractivity contribution in [2.75, 3.05) is 13.2 Å². The molecule has 6 nitrogen and oxygen atoms in total. The van der Waals surface area contributed by atoms with Gasteiger partial charge in [-0.2, -0.15) is 5.10 Å². The van der Waals surface area contributed by atoms with Gasteiger partial charge in [0.1, 0.15) is 0 Å². The van der Waals surface area contributed by atoms with Crippen LogP contribution in [0.4, 0.5) is 4.79 Å². The first-order valence-corrected chi connectivity index (χ1v) is 7.67. The number of hydrogen-bond acceptors (Lipinski definition) is 3. The molecule has 1 fully saturated rings. The van der Waals surface area contributed by atoms with Crippen LogP contribution >= 0.6 is 0 Å². The number of rotatable bonds is 4. The van der Waals surface area contributed by atoms with Gasteiger partial charge in [0.15, 0.2) is 0 Å². The molecule has 0 aromatic carbocycles. The molecule has 1 aliphatic rings. The molecule has 21 heavy (non-hydrogen) atoms. The van der Waals surface area contributed by atoms with Crippen molar-refractivity contribution in [3.63, 3.8) is 0 Å². The Morgan fingerprint density at radius 3 is 2.76 bits per heavy atom. The smallest absolute Gasteiger partial charge is 0.318 e. The van der Waals surface area contributed by atoms with Crippen LogP contribution in [0.5, 0.6) is 0 Å². The molecular formula is C15H26N4O2. The third-order valence-electron chi connectivity index (χ3n) is 4.47. The Morgan fingerprint density at radius 1 is 1.52 bits per heavy atom. The first kappa shape index (κ1) is 15.8. The van der Waals surface area contributed by atoms with Crippen molar-refractivity contribution in [3.05, 3.63) is 17.0 Å². The van der Waals surface area contributed by atoms with E-state index in [1.165, 1.54) is 0 Å². The molecule has 0 spiro atoms. The predicted molar refractivity (Wildman–Crippen MR) is 81.1 cm³/mol. The highest BCUT2D eigenvalue weighted by Gasteiger charge is 2.30. The average molecular weight is 294 g/mol. The predicted octanol–water partition coefficient (Wildman–Crippen LogP) is 1.65. The van der Waals surface area contributed by atoms with E-state index in [0.717, 1.165) is 42.8 Å². The molecule has 6 heteroatoms. The molecule has 2 atom stereocenters. The molecule has 2 amide bonds. The molecular weight excluding hydrogens is 268 g/mol. The maximum Gasteiger partial charge on any atom is 0.318 e. The fraction of sp³-hybridized carbons (Fsp3) is 0.733. The van der Waals surface area contributed by atoms with Crippen molar-refractivity contribution < 1.29 is 9.90 Å². The van der Waals surface area contributed by atoms with Crippen LogP contribution in [0.25, 0.3) is 0 Å². The second kappa shape index (κ2) is 6.47. The number of urea groups is 1. The van der Waals surface area contributed by atoms with Crippen molar-refractivity contribution in [2.45, 2.75) is 52.1 Å². The Labute approximate surface area is 126 Å². The summed E-state index contributed by atoms with van der Waals surface area (Å²) in [5.74, 6) is 0. The summed E-state index contributed by atoms with van der Waals surface area (Å²) in [6, 6.07) is -0.161. The highest BCUT2D eigenvalue weighted by Crippen LogP contribution is 2.25. The molecule has 0 bridgehead atoms. The number of aliphatic hydroxyl groups is 1. The summed E-state index contributed by atoms with van der Waals surface area (Å²) in [7, 11) is 1.92. The van der Waals surface area contributed by atoms with Crippen molar-refractivity contribution in [3.8, 4) is 0 Å². The van der Waals surface area contributed by atoms with Gasteiger partial charge in [0.05, 0.1) is 24.4 Å². The molecule has 1 aromatic heterocycles. The average Bonchev–Trinajstić information content (AvgIpc) is 3.02. The van der Waals surface area contributed by atoms with Crippen molar-refractivity contribution in [1.29, 1.82) is 0 Å². The molecule has 1 aliphatic heterocycles. The highest BCUT2D eigenvalue weighted by atomic mass is 16.3. The minimum atomic E-state index is -0.0824. The Morgan fingerprint density at radius 2 is 2.24 bits per heavy atom. The third kappa shape index (κ3) is 3.05. The van der Waals surface area contributed by atoms with Gasteiger partial charge in [0.2, 0.25) is 0 Å². The van der Waals surface area contributed by atoms with E-state index in [9.17, 15) is 9.90 Å². The van der Waals surface area contributed by atoms with Crippen molar-refractivity contribution in [1.82, 2.24) is 20.0 Å². The van der Waals surface area contributed by atoms with Gasteiger partial charge in [0, 0.05) is 24.8 Å². The Balaban J connectivity index is 2.14. The zero-order chi connectivity index (χ0) is 15.6. The second-order valence-corrected chi connectivity index (χ2v) is 5.79. The standard InChI is InChI=1S/C15H26N4O2/c1-5-13(14-10(2)17-18(4)11(14)3)16-15(21)19-8-6-7-12(19)9-20/h12-13,20H,5-9H2,1-4H3,(H,16,21)/t12-,13?/m0/s1. The molecule has 0 saturated carbocycles. The van der Waals surface area contributed by atoms with E-state index in [0.29, 0.717) is 0 Å². The van der Waals surface area contributed by atoms with E-state index in [2.05, 4.69) is 17.3 Å². The summed E-state index contributed by atoms with van der Waals surface area (Å²) in [6.45, 7) is 6.82. The lowest BCUT2D eigenvalue weighted by atomic mass is 10.0. The lowest BCUT2D eigenvalue weighted by Gasteiger charge is -2.27. The van der Waals surface area contributed by atoms with E-state index < -0.39 is 0 Å². The molecule has 2 heterocycles. The number of aliphatic hydroxyl groups excluding tert-OH is 1. The Hall–Kier alpha value is -1.56. The first-order chi connectivity index (χ1) is 9.99. The Kier molecular flexibility index (Phi) is 4.88. The van der Waals surface area contributed by atoms with E-state index in [4.69, 9.17) is 0 Å². The Bertz CT molecular complexity index is 512. The van der Waals surface area contributed by atoms with Crippen LogP contribution in [0.15, 0.2) is 0 Å². The number of likely N-dealkylation sites (tertiary alicyclic amines) is 1. The van der Waals surface area contributed by atoms with Gasteiger partial charge in [-0.15, -0.1) is 0 Å². The normalized spacial score (nSPS) is 19.9. The summed E-state index contributed by atoms with van der Waals surface area (Å²) in [4.78, 5) is 14.2. The molecule has 1 saturated heterocycles. The fourth-order valence-corrected chi connectivity index (χ4v) is 3.20. The number of nitrogens with one attached hydrogen (secondary N) is 1. The number of aromatic nitrogens is 2. The molecule has 118 valence electrons. The van der Waals surface area contributed by atoms with Crippen LogP contribution in [0.2, 0.25) is 0 Å². The third-order valence-corrected chi connectivity index (χ3v) is 4.47. The summed E-state index contributed by atoms with van der Waals surface area (Å²) >= 11 is 0. The van der Waals surface area contributed by atoms with Crippen LogP contribution in [-0.2, 0) is 7.05 Å². The quantitative estimate of drug-likeness (QED) is 0.887. The lowest BCUT2D eigenvalue weighted by Crippen LogP contribution is -2.45. The minimum Gasteiger partial charge on any atom is -0.394 e. The van der Waals surface area contributed by atoms with Crippen LogP contribution in [0, 0.1) is 13.8 Å². The molecule has 1 unspecified atom stereocenters. The van der Waals surface area contributed by atoms with Crippen LogP contribution in [0.3, 0.4) is 0 Å². The minimum absolute atomic E-state index is 0.0360. The maximum absolute atomic E-state index is 12.5. The number of amides is 2. The largest absolute Gasteiger partial charge is 0.394 e. The SMILES string of the molecule is CCC(NC(=O)N1CCC[C@H]1CO)c1c(C)nn(C)c1C. The molecule has 2 rings (SSSR count). The zero-order valence-corrected chi connectivity index (χ0v) is 13.4. The molecule has 0 radical (unpaired) electrons. The fourth-order valence-electron chi connectivity index (χ4n) is 3.20. The van der Waals surface area contributed by atoms with Crippen molar-refractivity contribution >= 4 is 6.03 Å². The number of hydrogen-bond donors (Lipinski definition) is 2. The first-order valence-electron chi connectivity index (χ1n) is 7.67. The molecule has 0 aliphatic carbocycles. The van der Waals surface area contributed by atoms with E-state index in [1.807, 2.05) is 25.6 Å². The van der Waals surface area contributed by atoms with Crippen LogP contribution in [-0.4, -0.2) is 45.0 Å². The summed E-state index contributed by atoms with van der Waals surface area (Å²) in [5.41, 5.74) is 3.15. The van der Waals surface area contributed by atoms with Gasteiger partial charge in [-0.05, 0) is 33.1 Å².